The van der Waals surface area contributed by atoms with Gasteiger partial charge in [-0.05, 0) is 31.0 Å². The fraction of sp³-hybridized carbons (Fsp3) is 0.385. The summed E-state index contributed by atoms with van der Waals surface area (Å²) in [4.78, 5) is 0.258. The lowest BCUT2D eigenvalue weighted by Crippen LogP contribution is -2.34. The Kier molecular flexibility index (Phi) is 5.39. The Morgan fingerprint density at radius 2 is 2.17 bits per heavy atom. The van der Waals surface area contributed by atoms with Crippen LogP contribution in [0.1, 0.15) is 25.3 Å². The first-order valence-corrected chi connectivity index (χ1v) is 7.93. The second-order valence-corrected chi connectivity index (χ2v) is 6.64. The van der Waals surface area contributed by atoms with E-state index >= 15 is 0 Å². The van der Waals surface area contributed by atoms with Gasteiger partial charge >= 0.3 is 0 Å². The van der Waals surface area contributed by atoms with Crippen LogP contribution >= 0.6 is 15.9 Å². The van der Waals surface area contributed by atoms with Crippen LogP contribution in [-0.4, -0.2) is 14.5 Å². The Bertz CT molecular complexity index is 561. The van der Waals surface area contributed by atoms with Crippen LogP contribution in [0.15, 0.2) is 27.6 Å². The average Bonchev–Trinajstić information content (AvgIpc) is 2.31. The van der Waals surface area contributed by atoms with Crippen molar-refractivity contribution in [2.24, 2.45) is 0 Å². The van der Waals surface area contributed by atoms with Crippen molar-refractivity contribution in [3.8, 4) is 12.3 Å². The molecule has 3 nitrogen and oxygen atoms in total. The van der Waals surface area contributed by atoms with E-state index in [0.717, 1.165) is 10.9 Å². The van der Waals surface area contributed by atoms with Gasteiger partial charge in [-0.3, -0.25) is 0 Å². The summed E-state index contributed by atoms with van der Waals surface area (Å²) in [6.45, 7) is 3.72. The summed E-state index contributed by atoms with van der Waals surface area (Å²) in [5.41, 5.74) is 0.693. The van der Waals surface area contributed by atoms with Crippen molar-refractivity contribution in [1.29, 1.82) is 0 Å². The van der Waals surface area contributed by atoms with Crippen LogP contribution in [0.25, 0.3) is 0 Å². The van der Waals surface area contributed by atoms with Gasteiger partial charge in [0.1, 0.15) is 0 Å². The fourth-order valence-corrected chi connectivity index (χ4v) is 3.55. The van der Waals surface area contributed by atoms with E-state index in [-0.39, 0.29) is 4.90 Å². The monoisotopic (exact) mass is 329 g/mol. The third kappa shape index (κ3) is 3.84. The van der Waals surface area contributed by atoms with Crippen molar-refractivity contribution in [1.82, 2.24) is 4.72 Å². The van der Waals surface area contributed by atoms with Gasteiger partial charge in [0.2, 0.25) is 10.0 Å². The number of nitrogens with one attached hydrogen (secondary N) is 1. The molecule has 0 saturated heterocycles. The average molecular weight is 330 g/mol. The molecule has 0 aromatic heterocycles. The molecule has 0 bridgehead atoms. The van der Waals surface area contributed by atoms with E-state index in [1.807, 2.05) is 6.92 Å². The number of hydrogen-bond donors (Lipinski definition) is 1. The molecule has 0 radical (unpaired) electrons. The molecule has 98 valence electrons. The van der Waals surface area contributed by atoms with Crippen molar-refractivity contribution >= 4 is 26.0 Å². The maximum atomic E-state index is 12.2. The molecular formula is C13H16BrNO2S. The summed E-state index contributed by atoms with van der Waals surface area (Å²) in [6, 6.07) is 4.68. The molecular weight excluding hydrogens is 314 g/mol. The molecule has 0 fully saturated rings. The third-order valence-electron chi connectivity index (χ3n) is 2.52. The number of sulfonamides is 1. The van der Waals surface area contributed by atoms with Gasteiger partial charge < -0.3 is 0 Å². The highest BCUT2D eigenvalue weighted by atomic mass is 79.9. The standard InChI is InChI=1S/C13H16BrNO2S/c1-4-6-12(5-2)15-18(16,17)13-9-11(14)8-7-10(13)3/h2,7-9,12,15H,4,6H2,1,3H3. The van der Waals surface area contributed by atoms with Crippen molar-refractivity contribution in [2.45, 2.75) is 37.6 Å². The van der Waals surface area contributed by atoms with Crippen LogP contribution in [0, 0.1) is 19.3 Å². The lowest BCUT2D eigenvalue weighted by Gasteiger charge is -2.14. The largest absolute Gasteiger partial charge is 0.241 e. The molecule has 1 aromatic carbocycles. The highest BCUT2D eigenvalue weighted by Gasteiger charge is 2.20. The van der Waals surface area contributed by atoms with Gasteiger partial charge in [-0.25, -0.2) is 8.42 Å². The smallest absolute Gasteiger partial charge is 0.207 e. The van der Waals surface area contributed by atoms with Crippen LogP contribution in [0.4, 0.5) is 0 Å². The molecule has 1 aromatic rings. The molecule has 0 aliphatic rings. The zero-order valence-electron chi connectivity index (χ0n) is 10.4. The topological polar surface area (TPSA) is 46.2 Å². The number of rotatable bonds is 5. The number of benzene rings is 1. The normalized spacial score (nSPS) is 13.0. The molecule has 1 atom stereocenters. The minimum atomic E-state index is -3.57. The predicted octanol–water partition coefficient (Wildman–Crippen LogP) is 2.84. The van der Waals surface area contributed by atoms with Gasteiger partial charge in [0.15, 0.2) is 0 Å². The second-order valence-electron chi connectivity index (χ2n) is 4.04. The molecule has 0 amide bonds. The van der Waals surface area contributed by atoms with E-state index in [1.165, 1.54) is 0 Å². The van der Waals surface area contributed by atoms with Gasteiger partial charge in [-0.15, -0.1) is 6.42 Å². The van der Waals surface area contributed by atoms with Crippen LogP contribution in [0.5, 0.6) is 0 Å². The highest BCUT2D eigenvalue weighted by molar-refractivity contribution is 9.10. The minimum Gasteiger partial charge on any atom is -0.207 e. The van der Waals surface area contributed by atoms with Crippen LogP contribution < -0.4 is 4.72 Å². The van der Waals surface area contributed by atoms with Gasteiger partial charge in [-0.1, -0.05) is 41.3 Å². The zero-order valence-corrected chi connectivity index (χ0v) is 12.8. The Morgan fingerprint density at radius 3 is 2.72 bits per heavy atom. The first kappa shape index (κ1) is 15.2. The summed E-state index contributed by atoms with van der Waals surface area (Å²) in [5.74, 6) is 2.46. The Balaban J connectivity index is 3.07. The lowest BCUT2D eigenvalue weighted by molar-refractivity contribution is 0.563. The highest BCUT2D eigenvalue weighted by Crippen LogP contribution is 2.20. The molecule has 0 aliphatic carbocycles. The lowest BCUT2D eigenvalue weighted by atomic mass is 10.2. The van der Waals surface area contributed by atoms with Crippen molar-refractivity contribution in [3.05, 3.63) is 28.2 Å². The van der Waals surface area contributed by atoms with E-state index < -0.39 is 16.1 Å². The Morgan fingerprint density at radius 1 is 1.50 bits per heavy atom. The summed E-state index contributed by atoms with van der Waals surface area (Å²) < 4.78 is 27.7. The van der Waals surface area contributed by atoms with E-state index in [4.69, 9.17) is 6.42 Å². The Hall–Kier alpha value is -0.830. The molecule has 0 saturated carbocycles. The van der Waals surface area contributed by atoms with Crippen LogP contribution in [-0.2, 0) is 10.0 Å². The van der Waals surface area contributed by atoms with E-state index in [2.05, 4.69) is 26.6 Å². The van der Waals surface area contributed by atoms with Crippen molar-refractivity contribution in [3.63, 3.8) is 0 Å². The molecule has 5 heteroatoms. The zero-order chi connectivity index (χ0) is 13.8. The van der Waals surface area contributed by atoms with Crippen molar-refractivity contribution in [2.75, 3.05) is 0 Å². The third-order valence-corrected chi connectivity index (χ3v) is 4.62. The quantitative estimate of drug-likeness (QED) is 0.844. The Labute approximate surface area is 117 Å². The summed E-state index contributed by atoms with van der Waals surface area (Å²) in [5, 5.41) is 0. The van der Waals surface area contributed by atoms with E-state index in [9.17, 15) is 8.42 Å². The van der Waals surface area contributed by atoms with Gasteiger partial charge in [0.25, 0.3) is 0 Å². The summed E-state index contributed by atoms with van der Waals surface area (Å²) in [6.07, 6.45) is 6.78. The van der Waals surface area contributed by atoms with E-state index in [0.29, 0.717) is 12.0 Å². The molecule has 0 aliphatic heterocycles. The molecule has 18 heavy (non-hydrogen) atoms. The predicted molar refractivity (Wildman–Crippen MR) is 76.7 cm³/mol. The summed E-state index contributed by atoms with van der Waals surface area (Å²) >= 11 is 3.27. The molecule has 0 heterocycles. The van der Waals surface area contributed by atoms with Gasteiger partial charge in [-0.2, -0.15) is 4.72 Å². The first-order chi connectivity index (χ1) is 8.40. The van der Waals surface area contributed by atoms with Crippen molar-refractivity contribution < 1.29 is 8.42 Å². The SMILES string of the molecule is C#CC(CCC)NS(=O)(=O)c1cc(Br)ccc1C. The van der Waals surface area contributed by atoms with Gasteiger partial charge in [0, 0.05) is 4.47 Å². The van der Waals surface area contributed by atoms with Crippen LogP contribution in [0.3, 0.4) is 0 Å². The number of halogens is 1. The number of hydrogen-bond acceptors (Lipinski definition) is 2. The van der Waals surface area contributed by atoms with Gasteiger partial charge in [0.05, 0.1) is 10.9 Å². The molecule has 0 spiro atoms. The van der Waals surface area contributed by atoms with E-state index in [1.54, 1.807) is 25.1 Å². The second kappa shape index (κ2) is 6.37. The minimum absolute atomic E-state index is 0.258. The molecule has 1 unspecified atom stereocenters. The molecule has 1 N–H and O–H groups in total. The maximum Gasteiger partial charge on any atom is 0.241 e. The summed E-state index contributed by atoms with van der Waals surface area (Å²) in [7, 11) is -3.57. The molecule has 1 rings (SSSR count). The number of aryl methyl sites for hydroxylation is 1. The fourth-order valence-electron chi connectivity index (χ4n) is 1.58. The maximum absolute atomic E-state index is 12.2. The first-order valence-electron chi connectivity index (χ1n) is 5.65. The van der Waals surface area contributed by atoms with Crippen LogP contribution in [0.2, 0.25) is 0 Å². The number of terminal acetylenes is 1.